The van der Waals surface area contributed by atoms with E-state index in [4.69, 9.17) is 20.4 Å². The Morgan fingerprint density at radius 1 is 0.600 bits per heavy atom. The van der Waals surface area contributed by atoms with Crippen LogP contribution in [-0.4, -0.2) is 69.2 Å². The maximum Gasteiger partial charge on any atom is 0.394 e. The number of hydrogen-bond acceptors (Lipinski definition) is 6. The topological polar surface area (TPSA) is 207 Å². The van der Waals surface area contributed by atoms with Gasteiger partial charge in [0.2, 0.25) is 0 Å². The molecule has 112 valence electrons. The number of rotatable bonds is 4. The van der Waals surface area contributed by atoms with E-state index in [9.17, 15) is 28.8 Å². The third kappa shape index (κ3) is 12.9. The largest absolute Gasteiger partial charge is 0.480 e. The van der Waals surface area contributed by atoms with E-state index in [0.29, 0.717) is 0 Å². The molecular formula is C8H10N2O10. The normalized spacial score (nSPS) is 8.40. The van der Waals surface area contributed by atoms with Gasteiger partial charge in [-0.05, 0) is 0 Å². The molecule has 12 heteroatoms. The molecule has 0 unspecified atom stereocenters. The minimum Gasteiger partial charge on any atom is -0.480 e. The molecule has 0 aromatic rings. The zero-order chi connectivity index (χ0) is 16.3. The van der Waals surface area contributed by atoms with Crippen molar-refractivity contribution >= 4 is 35.7 Å². The Morgan fingerprint density at radius 3 is 1.00 bits per heavy atom. The number of aliphatic carboxylic acids is 4. The second kappa shape index (κ2) is 9.81. The third-order valence-electron chi connectivity index (χ3n) is 1.19. The van der Waals surface area contributed by atoms with Crippen LogP contribution < -0.4 is 10.6 Å². The molecule has 0 fully saturated rings. The Hall–Kier alpha value is -3.18. The average molecular weight is 294 g/mol. The summed E-state index contributed by atoms with van der Waals surface area (Å²) in [5.74, 6) is -8.59. The van der Waals surface area contributed by atoms with Crippen molar-refractivity contribution in [1.82, 2.24) is 10.6 Å². The van der Waals surface area contributed by atoms with Gasteiger partial charge in [-0.15, -0.1) is 0 Å². The summed E-state index contributed by atoms with van der Waals surface area (Å²) in [4.78, 5) is 59.0. The molecule has 0 heterocycles. The number of carboxylic acids is 4. The molecule has 0 aliphatic heterocycles. The number of nitrogens with one attached hydrogen (secondary N) is 2. The van der Waals surface area contributed by atoms with Crippen LogP contribution in [0.3, 0.4) is 0 Å². The SMILES string of the molecule is O=C(O)CNC(=O)C(=O)O.O=C(O)CNC(=O)C(=O)O. The Labute approximate surface area is 110 Å². The highest BCUT2D eigenvalue weighted by Crippen LogP contribution is 1.66. The van der Waals surface area contributed by atoms with Crippen molar-refractivity contribution in [3.05, 3.63) is 0 Å². The van der Waals surface area contributed by atoms with E-state index in [-0.39, 0.29) is 0 Å². The van der Waals surface area contributed by atoms with Gasteiger partial charge in [0.25, 0.3) is 0 Å². The molecule has 12 nitrogen and oxygen atoms in total. The molecule has 6 N–H and O–H groups in total. The standard InChI is InChI=1S/2C4H5NO5/c2*6-2(7)1-5-3(8)4(9)10/h2*1H2,(H,5,8)(H,6,7)(H,9,10). The van der Waals surface area contributed by atoms with E-state index >= 15 is 0 Å². The fourth-order valence-electron chi connectivity index (χ4n) is 0.463. The number of amides is 2. The first kappa shape index (κ1) is 19.2. The van der Waals surface area contributed by atoms with Crippen LogP contribution >= 0.6 is 0 Å². The van der Waals surface area contributed by atoms with E-state index < -0.39 is 48.8 Å². The minimum atomic E-state index is -1.69. The van der Waals surface area contributed by atoms with Crippen molar-refractivity contribution in [2.24, 2.45) is 0 Å². The van der Waals surface area contributed by atoms with E-state index in [1.807, 2.05) is 0 Å². The first-order valence-electron chi connectivity index (χ1n) is 4.53. The fraction of sp³-hybridized carbons (Fsp3) is 0.250. The van der Waals surface area contributed by atoms with Crippen LogP contribution in [0.4, 0.5) is 0 Å². The molecule has 0 rings (SSSR count). The highest BCUT2D eigenvalue weighted by atomic mass is 16.4. The van der Waals surface area contributed by atoms with Gasteiger partial charge in [0.05, 0.1) is 0 Å². The van der Waals surface area contributed by atoms with Gasteiger partial charge in [-0.3, -0.25) is 19.2 Å². The Morgan fingerprint density at radius 2 is 0.850 bits per heavy atom. The lowest BCUT2D eigenvalue weighted by Gasteiger charge is -1.94. The molecule has 0 saturated heterocycles. The summed E-state index contributed by atoms with van der Waals surface area (Å²) in [6.07, 6.45) is 0. The third-order valence-corrected chi connectivity index (χ3v) is 1.19. The van der Waals surface area contributed by atoms with Crippen molar-refractivity contribution in [3.63, 3.8) is 0 Å². The molecule has 0 spiro atoms. The van der Waals surface area contributed by atoms with E-state index in [1.54, 1.807) is 10.6 Å². The maximum absolute atomic E-state index is 10.1. The Balaban J connectivity index is 0. The molecule has 2 amide bonds. The van der Waals surface area contributed by atoms with Gasteiger partial charge in [-0.1, -0.05) is 0 Å². The average Bonchev–Trinajstić information content (AvgIpc) is 2.33. The van der Waals surface area contributed by atoms with Crippen LogP contribution in [-0.2, 0) is 28.8 Å². The van der Waals surface area contributed by atoms with Crippen LogP contribution in [0, 0.1) is 0 Å². The van der Waals surface area contributed by atoms with Gasteiger partial charge in [0.15, 0.2) is 0 Å². The quantitative estimate of drug-likeness (QED) is 0.282. The molecule has 0 saturated carbocycles. The first-order chi connectivity index (χ1) is 9.07. The zero-order valence-corrected chi connectivity index (χ0v) is 9.65. The first-order valence-corrected chi connectivity index (χ1v) is 4.53. The number of hydrogen-bond donors (Lipinski definition) is 6. The monoisotopic (exact) mass is 294 g/mol. The number of carbonyl (C=O) groups is 6. The molecule has 0 radical (unpaired) electrons. The highest BCUT2D eigenvalue weighted by Gasteiger charge is 2.11. The van der Waals surface area contributed by atoms with Crippen molar-refractivity contribution in [2.75, 3.05) is 13.1 Å². The van der Waals surface area contributed by atoms with Crippen LogP contribution in [0.1, 0.15) is 0 Å². The predicted molar refractivity (Wildman–Crippen MR) is 56.6 cm³/mol. The van der Waals surface area contributed by atoms with Crippen LogP contribution in [0.2, 0.25) is 0 Å². The smallest absolute Gasteiger partial charge is 0.394 e. The summed E-state index contributed by atoms with van der Waals surface area (Å²) in [6, 6.07) is 0. The van der Waals surface area contributed by atoms with Crippen molar-refractivity contribution in [2.45, 2.75) is 0 Å². The highest BCUT2D eigenvalue weighted by molar-refractivity contribution is 6.32. The number of carbonyl (C=O) groups excluding carboxylic acids is 2. The molecule has 0 aromatic carbocycles. The van der Waals surface area contributed by atoms with Crippen LogP contribution in [0.25, 0.3) is 0 Å². The summed E-state index contributed by atoms with van der Waals surface area (Å²) in [5.41, 5.74) is 0. The van der Waals surface area contributed by atoms with Gasteiger partial charge in [0, 0.05) is 0 Å². The molecule has 0 aliphatic carbocycles. The summed E-state index contributed by atoms with van der Waals surface area (Å²) in [5, 5.41) is 34.9. The lowest BCUT2D eigenvalue weighted by Crippen LogP contribution is -2.34. The van der Waals surface area contributed by atoms with Gasteiger partial charge >= 0.3 is 35.7 Å². The van der Waals surface area contributed by atoms with Crippen molar-refractivity contribution in [1.29, 1.82) is 0 Å². The van der Waals surface area contributed by atoms with E-state index in [1.165, 1.54) is 0 Å². The summed E-state index contributed by atoms with van der Waals surface area (Å²) < 4.78 is 0. The molecule has 0 aliphatic rings. The maximum atomic E-state index is 10.1. The van der Waals surface area contributed by atoms with Crippen molar-refractivity contribution < 1.29 is 49.2 Å². The lowest BCUT2D eigenvalue weighted by atomic mass is 10.5. The fourth-order valence-corrected chi connectivity index (χ4v) is 0.463. The van der Waals surface area contributed by atoms with Gasteiger partial charge < -0.3 is 31.1 Å². The predicted octanol–water partition coefficient (Wildman–Crippen LogP) is -3.46. The van der Waals surface area contributed by atoms with Crippen LogP contribution in [0.5, 0.6) is 0 Å². The van der Waals surface area contributed by atoms with Crippen LogP contribution in [0.15, 0.2) is 0 Å². The van der Waals surface area contributed by atoms with E-state index in [2.05, 4.69) is 0 Å². The Bertz CT molecular complexity index is 389. The lowest BCUT2D eigenvalue weighted by molar-refractivity contribution is -0.151. The van der Waals surface area contributed by atoms with Gasteiger partial charge in [0.1, 0.15) is 13.1 Å². The van der Waals surface area contributed by atoms with Gasteiger partial charge in [-0.25, -0.2) is 9.59 Å². The Kier molecular flexibility index (Phi) is 9.40. The summed E-state index contributed by atoms with van der Waals surface area (Å²) >= 11 is 0. The summed E-state index contributed by atoms with van der Waals surface area (Å²) in [7, 11) is 0. The molecule has 20 heavy (non-hydrogen) atoms. The molecule has 0 aromatic heterocycles. The molecule has 0 atom stereocenters. The van der Waals surface area contributed by atoms with E-state index in [0.717, 1.165) is 0 Å². The molecular weight excluding hydrogens is 284 g/mol. The van der Waals surface area contributed by atoms with Crippen molar-refractivity contribution in [3.8, 4) is 0 Å². The second-order valence-corrected chi connectivity index (χ2v) is 2.76. The molecule has 0 bridgehead atoms. The zero-order valence-electron chi connectivity index (χ0n) is 9.65. The summed E-state index contributed by atoms with van der Waals surface area (Å²) in [6.45, 7) is -1.35. The number of carboxylic acid groups (broad SMARTS) is 4. The second-order valence-electron chi connectivity index (χ2n) is 2.76. The van der Waals surface area contributed by atoms with Gasteiger partial charge in [-0.2, -0.15) is 0 Å². The minimum absolute atomic E-state index is 0.675.